The van der Waals surface area contributed by atoms with Crippen molar-refractivity contribution < 1.29 is 9.59 Å². The largest absolute Gasteiger partial charge is 0.342 e. The predicted octanol–water partition coefficient (Wildman–Crippen LogP) is 3.48. The van der Waals surface area contributed by atoms with E-state index in [1.54, 1.807) is 11.0 Å². The van der Waals surface area contributed by atoms with E-state index in [9.17, 15) is 9.59 Å². The van der Waals surface area contributed by atoms with E-state index >= 15 is 0 Å². The highest BCUT2D eigenvalue weighted by atomic mass is 35.5. The molecule has 0 spiro atoms. The smallest absolute Gasteiger partial charge is 0.228 e. The number of carbonyl (C=O) groups is 2. The molecule has 1 aliphatic heterocycles. The lowest BCUT2D eigenvalue weighted by molar-refractivity contribution is -0.137. The van der Waals surface area contributed by atoms with E-state index in [1.807, 2.05) is 30.1 Å². The number of hydrogen-bond acceptors (Lipinski definition) is 2. The maximum absolute atomic E-state index is 12.8. The van der Waals surface area contributed by atoms with Gasteiger partial charge in [-0.1, -0.05) is 43.0 Å². The minimum absolute atomic E-state index is 0.0199. The average Bonchev–Trinajstić information content (AvgIpc) is 2.96. The van der Waals surface area contributed by atoms with Crippen LogP contribution in [0, 0.1) is 5.92 Å². The molecule has 4 nitrogen and oxygen atoms in total. The van der Waals surface area contributed by atoms with Crippen LogP contribution in [0.25, 0.3) is 0 Å². The Bertz CT molecular complexity index is 598. The van der Waals surface area contributed by atoms with Crippen LogP contribution < -0.4 is 4.90 Å². The molecular weight excluding hydrogens is 312 g/mol. The summed E-state index contributed by atoms with van der Waals surface area (Å²) in [6.07, 6.45) is 6.09. The third kappa shape index (κ3) is 3.37. The Balaban J connectivity index is 1.69. The molecule has 1 atom stereocenters. The van der Waals surface area contributed by atoms with Gasteiger partial charge < -0.3 is 9.80 Å². The first-order valence-electron chi connectivity index (χ1n) is 8.39. The number of anilines is 1. The summed E-state index contributed by atoms with van der Waals surface area (Å²) in [5, 5.41) is 0.551. The lowest BCUT2D eigenvalue weighted by Crippen LogP contribution is -2.42. The third-order valence-electron chi connectivity index (χ3n) is 5.09. The number of halogens is 1. The van der Waals surface area contributed by atoms with Crippen LogP contribution in [-0.2, 0) is 9.59 Å². The summed E-state index contributed by atoms with van der Waals surface area (Å²) in [7, 11) is 1.89. The van der Waals surface area contributed by atoms with Crippen molar-refractivity contribution >= 4 is 29.1 Å². The molecule has 1 aromatic carbocycles. The molecule has 3 rings (SSSR count). The second-order valence-electron chi connectivity index (χ2n) is 6.60. The first-order chi connectivity index (χ1) is 11.1. The van der Waals surface area contributed by atoms with Gasteiger partial charge in [0.05, 0.1) is 16.6 Å². The molecule has 0 N–H and O–H groups in total. The van der Waals surface area contributed by atoms with E-state index < -0.39 is 0 Å². The number of nitrogens with zero attached hydrogens (tertiary/aromatic N) is 2. The van der Waals surface area contributed by atoms with Gasteiger partial charge >= 0.3 is 0 Å². The van der Waals surface area contributed by atoms with E-state index in [0.717, 1.165) is 12.8 Å². The zero-order valence-corrected chi connectivity index (χ0v) is 14.3. The van der Waals surface area contributed by atoms with Gasteiger partial charge in [0.25, 0.3) is 0 Å². The van der Waals surface area contributed by atoms with Gasteiger partial charge in [0.15, 0.2) is 0 Å². The summed E-state index contributed by atoms with van der Waals surface area (Å²) >= 11 is 6.19. The average molecular weight is 335 g/mol. The first-order valence-corrected chi connectivity index (χ1v) is 8.77. The second kappa shape index (κ2) is 6.91. The standard InChI is InChI=1S/C18H23ClN2O2/c1-20(14-7-3-2-4-8-14)18(23)13-11-17(22)21(12-13)16-10-6-5-9-15(16)19/h5-6,9-10,13-14H,2-4,7-8,11-12H2,1H3. The van der Waals surface area contributed by atoms with Crippen molar-refractivity contribution in [2.45, 2.75) is 44.6 Å². The Morgan fingerprint density at radius 1 is 1.22 bits per heavy atom. The van der Waals surface area contributed by atoms with E-state index in [4.69, 9.17) is 11.6 Å². The van der Waals surface area contributed by atoms with Gasteiger partial charge in [-0.3, -0.25) is 9.59 Å². The van der Waals surface area contributed by atoms with Crippen molar-refractivity contribution in [2.75, 3.05) is 18.5 Å². The highest BCUT2D eigenvalue weighted by molar-refractivity contribution is 6.33. The number of benzene rings is 1. The van der Waals surface area contributed by atoms with Gasteiger partial charge in [0.1, 0.15) is 0 Å². The summed E-state index contributed by atoms with van der Waals surface area (Å²) in [4.78, 5) is 28.6. The van der Waals surface area contributed by atoms with Crippen molar-refractivity contribution in [3.05, 3.63) is 29.3 Å². The maximum atomic E-state index is 12.8. The van der Waals surface area contributed by atoms with Crippen molar-refractivity contribution in [2.24, 2.45) is 5.92 Å². The van der Waals surface area contributed by atoms with E-state index in [-0.39, 0.29) is 24.2 Å². The monoisotopic (exact) mass is 334 g/mol. The molecule has 124 valence electrons. The van der Waals surface area contributed by atoms with E-state index in [1.165, 1.54) is 19.3 Å². The molecule has 2 amide bonds. The van der Waals surface area contributed by atoms with Crippen molar-refractivity contribution in [3.63, 3.8) is 0 Å². The Kier molecular flexibility index (Phi) is 4.90. The van der Waals surface area contributed by atoms with Crippen LogP contribution in [0.1, 0.15) is 38.5 Å². The van der Waals surface area contributed by atoms with Gasteiger partial charge in [-0.15, -0.1) is 0 Å². The highest BCUT2D eigenvalue weighted by Crippen LogP contribution is 2.32. The lowest BCUT2D eigenvalue weighted by Gasteiger charge is -2.32. The molecular formula is C18H23ClN2O2. The third-order valence-corrected chi connectivity index (χ3v) is 5.41. The Hall–Kier alpha value is -1.55. The maximum Gasteiger partial charge on any atom is 0.228 e. The van der Waals surface area contributed by atoms with Crippen molar-refractivity contribution in [3.8, 4) is 0 Å². The minimum Gasteiger partial charge on any atom is -0.342 e. The van der Waals surface area contributed by atoms with Crippen LogP contribution in [-0.4, -0.2) is 36.3 Å². The fourth-order valence-electron chi connectivity index (χ4n) is 3.71. The van der Waals surface area contributed by atoms with E-state index in [0.29, 0.717) is 23.3 Å². The Morgan fingerprint density at radius 3 is 2.61 bits per heavy atom. The van der Waals surface area contributed by atoms with Gasteiger partial charge in [-0.25, -0.2) is 0 Å². The molecule has 2 aliphatic rings. The van der Waals surface area contributed by atoms with Crippen LogP contribution in [0.5, 0.6) is 0 Å². The Morgan fingerprint density at radius 2 is 1.91 bits per heavy atom. The fraction of sp³-hybridized carbons (Fsp3) is 0.556. The van der Waals surface area contributed by atoms with Crippen molar-refractivity contribution in [1.82, 2.24) is 4.90 Å². The van der Waals surface area contributed by atoms with Crippen LogP contribution in [0.15, 0.2) is 24.3 Å². The molecule has 1 saturated heterocycles. The summed E-state index contributed by atoms with van der Waals surface area (Å²) < 4.78 is 0. The summed E-state index contributed by atoms with van der Waals surface area (Å²) in [6.45, 7) is 0.429. The fourth-order valence-corrected chi connectivity index (χ4v) is 3.95. The molecule has 1 heterocycles. The molecule has 1 unspecified atom stereocenters. The summed E-state index contributed by atoms with van der Waals surface area (Å²) in [5.41, 5.74) is 0.704. The van der Waals surface area contributed by atoms with Crippen LogP contribution >= 0.6 is 11.6 Å². The number of para-hydroxylation sites is 1. The second-order valence-corrected chi connectivity index (χ2v) is 7.00. The van der Waals surface area contributed by atoms with Crippen molar-refractivity contribution in [1.29, 1.82) is 0 Å². The number of hydrogen-bond donors (Lipinski definition) is 0. The van der Waals surface area contributed by atoms with Crippen LogP contribution in [0.3, 0.4) is 0 Å². The van der Waals surface area contributed by atoms with Gasteiger partial charge in [0, 0.05) is 26.1 Å². The van der Waals surface area contributed by atoms with Crippen LogP contribution in [0.2, 0.25) is 5.02 Å². The zero-order valence-electron chi connectivity index (χ0n) is 13.5. The minimum atomic E-state index is -0.259. The summed E-state index contributed by atoms with van der Waals surface area (Å²) in [5.74, 6) is -0.181. The molecule has 1 saturated carbocycles. The number of amides is 2. The molecule has 2 fully saturated rings. The topological polar surface area (TPSA) is 40.6 Å². The quantitative estimate of drug-likeness (QED) is 0.849. The normalized spacial score (nSPS) is 22.4. The zero-order chi connectivity index (χ0) is 16.4. The van der Waals surface area contributed by atoms with Gasteiger partial charge in [-0.05, 0) is 25.0 Å². The summed E-state index contributed by atoms with van der Waals surface area (Å²) in [6, 6.07) is 7.63. The highest BCUT2D eigenvalue weighted by Gasteiger charge is 2.38. The number of rotatable bonds is 3. The SMILES string of the molecule is CN(C(=O)C1CC(=O)N(c2ccccc2Cl)C1)C1CCCCC1. The molecule has 5 heteroatoms. The van der Waals surface area contributed by atoms with E-state index in [2.05, 4.69) is 0 Å². The molecule has 0 aromatic heterocycles. The lowest BCUT2D eigenvalue weighted by atomic mass is 9.93. The Labute approximate surface area is 142 Å². The molecule has 1 aromatic rings. The van der Waals surface area contributed by atoms with Crippen LogP contribution in [0.4, 0.5) is 5.69 Å². The first kappa shape index (κ1) is 16.3. The molecule has 1 aliphatic carbocycles. The molecule has 0 radical (unpaired) electrons. The van der Waals surface area contributed by atoms with Gasteiger partial charge in [0.2, 0.25) is 11.8 Å². The predicted molar refractivity (Wildman–Crippen MR) is 91.6 cm³/mol. The van der Waals surface area contributed by atoms with Gasteiger partial charge in [-0.2, -0.15) is 0 Å². The number of carbonyl (C=O) groups excluding carboxylic acids is 2. The molecule has 23 heavy (non-hydrogen) atoms. The molecule has 0 bridgehead atoms.